The Morgan fingerprint density at radius 3 is 2.44 bits per heavy atom. The zero-order valence-corrected chi connectivity index (χ0v) is 15.1. The molecular weight excluding hydrogens is 316 g/mol. The van der Waals surface area contributed by atoms with Crippen molar-refractivity contribution in [2.24, 2.45) is 0 Å². The molecule has 2 N–H and O–H groups in total. The summed E-state index contributed by atoms with van der Waals surface area (Å²) in [7, 11) is 0. The lowest BCUT2D eigenvalue weighted by Crippen LogP contribution is -2.48. The summed E-state index contributed by atoms with van der Waals surface area (Å²) in [6, 6.07) is 8.79. The van der Waals surface area contributed by atoms with E-state index in [0.29, 0.717) is 5.95 Å². The molecule has 1 amide bonds. The summed E-state index contributed by atoms with van der Waals surface area (Å²) in [6.07, 6.45) is 3.70. The molecule has 134 valence electrons. The Labute approximate surface area is 147 Å². The maximum absolute atomic E-state index is 12.6. The number of para-hydroxylation sites is 2. The molecule has 1 aromatic carbocycles. The predicted octanol–water partition coefficient (Wildman–Crippen LogP) is 3.72. The van der Waals surface area contributed by atoms with Gasteiger partial charge in [0.25, 0.3) is 0 Å². The molecule has 3 heterocycles. The lowest BCUT2D eigenvalue weighted by Gasteiger charge is -2.40. The molecule has 0 aliphatic carbocycles. The highest BCUT2D eigenvalue weighted by Gasteiger charge is 2.45. The van der Waals surface area contributed by atoms with Crippen molar-refractivity contribution >= 4 is 23.1 Å². The number of amides is 1. The highest BCUT2D eigenvalue weighted by atomic mass is 16.6. The van der Waals surface area contributed by atoms with Crippen LogP contribution in [-0.2, 0) is 4.74 Å². The SMILES string of the molecule is CC(C)(C)OC(=O)N1C2CCC1CC(n1c(N)nc3ccccc31)C2. The van der Waals surface area contributed by atoms with Crippen LogP contribution in [-0.4, -0.2) is 38.2 Å². The van der Waals surface area contributed by atoms with Crippen LogP contribution in [0.4, 0.5) is 10.7 Å². The van der Waals surface area contributed by atoms with Gasteiger partial charge in [0.2, 0.25) is 5.95 Å². The van der Waals surface area contributed by atoms with Crippen LogP contribution in [0.2, 0.25) is 0 Å². The van der Waals surface area contributed by atoms with E-state index in [9.17, 15) is 4.79 Å². The van der Waals surface area contributed by atoms with Gasteiger partial charge in [-0.3, -0.25) is 0 Å². The maximum atomic E-state index is 12.6. The van der Waals surface area contributed by atoms with Crippen LogP contribution >= 0.6 is 0 Å². The monoisotopic (exact) mass is 342 g/mol. The quantitative estimate of drug-likeness (QED) is 0.857. The summed E-state index contributed by atoms with van der Waals surface area (Å²) in [5.41, 5.74) is 7.77. The fourth-order valence-electron chi connectivity index (χ4n) is 4.42. The highest BCUT2D eigenvalue weighted by molar-refractivity contribution is 5.78. The average Bonchev–Trinajstić information content (AvgIpc) is 2.99. The molecular formula is C19H26N4O2. The number of benzene rings is 1. The van der Waals surface area contributed by atoms with E-state index in [-0.39, 0.29) is 24.2 Å². The second kappa shape index (κ2) is 5.64. The number of ether oxygens (including phenoxy) is 1. The van der Waals surface area contributed by atoms with Gasteiger partial charge in [0.15, 0.2) is 0 Å². The summed E-state index contributed by atoms with van der Waals surface area (Å²) in [6.45, 7) is 5.74. The first kappa shape index (κ1) is 16.2. The molecule has 2 unspecified atom stereocenters. The molecule has 2 aliphatic heterocycles. The Balaban J connectivity index is 1.59. The minimum atomic E-state index is -0.460. The summed E-state index contributed by atoms with van der Waals surface area (Å²) >= 11 is 0. The number of piperidine rings is 1. The third-order valence-corrected chi connectivity index (χ3v) is 5.30. The third-order valence-electron chi connectivity index (χ3n) is 5.30. The van der Waals surface area contributed by atoms with Gasteiger partial charge < -0.3 is 19.9 Å². The van der Waals surface area contributed by atoms with Gasteiger partial charge in [-0.25, -0.2) is 9.78 Å². The molecule has 4 rings (SSSR count). The predicted molar refractivity (Wildman–Crippen MR) is 97.3 cm³/mol. The van der Waals surface area contributed by atoms with Crippen molar-refractivity contribution in [1.82, 2.24) is 14.5 Å². The van der Waals surface area contributed by atoms with Gasteiger partial charge in [0.1, 0.15) is 5.60 Å². The van der Waals surface area contributed by atoms with Gasteiger partial charge >= 0.3 is 6.09 Å². The van der Waals surface area contributed by atoms with Crippen molar-refractivity contribution in [1.29, 1.82) is 0 Å². The zero-order chi connectivity index (χ0) is 17.8. The largest absolute Gasteiger partial charge is 0.444 e. The minimum absolute atomic E-state index is 0.179. The number of hydrogen-bond acceptors (Lipinski definition) is 4. The Hall–Kier alpha value is -2.24. The molecule has 25 heavy (non-hydrogen) atoms. The van der Waals surface area contributed by atoms with Crippen LogP contribution in [0.1, 0.15) is 52.5 Å². The van der Waals surface area contributed by atoms with Gasteiger partial charge in [-0.2, -0.15) is 0 Å². The van der Waals surface area contributed by atoms with Crippen LogP contribution in [0, 0.1) is 0 Å². The van der Waals surface area contributed by atoms with E-state index < -0.39 is 5.60 Å². The number of imidazole rings is 1. The Kier molecular flexibility index (Phi) is 3.67. The lowest BCUT2D eigenvalue weighted by molar-refractivity contribution is 0.00326. The van der Waals surface area contributed by atoms with Crippen LogP contribution in [0.3, 0.4) is 0 Å². The fraction of sp³-hybridized carbons (Fsp3) is 0.579. The van der Waals surface area contributed by atoms with E-state index in [2.05, 4.69) is 15.6 Å². The van der Waals surface area contributed by atoms with Crippen LogP contribution in [0.5, 0.6) is 0 Å². The van der Waals surface area contributed by atoms with Crippen LogP contribution in [0.15, 0.2) is 24.3 Å². The normalized spacial score (nSPS) is 26.2. The van der Waals surface area contributed by atoms with E-state index in [1.807, 2.05) is 43.9 Å². The zero-order valence-electron chi connectivity index (χ0n) is 15.1. The highest BCUT2D eigenvalue weighted by Crippen LogP contribution is 2.43. The van der Waals surface area contributed by atoms with Gasteiger partial charge in [-0.15, -0.1) is 0 Å². The second-order valence-corrected chi connectivity index (χ2v) is 8.23. The lowest BCUT2D eigenvalue weighted by atomic mass is 9.97. The summed E-state index contributed by atoms with van der Waals surface area (Å²) in [5.74, 6) is 0.566. The molecule has 0 saturated carbocycles. The van der Waals surface area contributed by atoms with E-state index >= 15 is 0 Å². The summed E-state index contributed by atoms with van der Waals surface area (Å²) < 4.78 is 7.78. The van der Waals surface area contributed by atoms with Crippen molar-refractivity contribution in [2.45, 2.75) is 70.2 Å². The molecule has 2 aromatic rings. The number of rotatable bonds is 1. The first-order valence-electron chi connectivity index (χ1n) is 9.07. The van der Waals surface area contributed by atoms with E-state index in [1.54, 1.807) is 0 Å². The number of anilines is 1. The standard InChI is InChI=1S/C19H26N4O2/c1-19(2,3)25-18(24)22-12-8-9-13(22)11-14(10-12)23-16-7-5-4-6-15(16)21-17(23)20/h4-7,12-14H,8-11H2,1-3H3,(H2,20,21). The molecule has 2 bridgehead atoms. The first-order chi connectivity index (χ1) is 11.8. The molecule has 0 radical (unpaired) electrons. The average molecular weight is 342 g/mol. The number of nitrogens with two attached hydrogens (primary N) is 1. The van der Waals surface area contributed by atoms with Gasteiger partial charge in [-0.1, -0.05) is 12.1 Å². The molecule has 6 nitrogen and oxygen atoms in total. The molecule has 2 aliphatic rings. The maximum Gasteiger partial charge on any atom is 0.410 e. The third kappa shape index (κ3) is 2.83. The Morgan fingerprint density at radius 1 is 1.16 bits per heavy atom. The van der Waals surface area contributed by atoms with E-state index in [1.165, 1.54) is 0 Å². The van der Waals surface area contributed by atoms with Crippen molar-refractivity contribution in [2.75, 3.05) is 5.73 Å². The molecule has 2 atom stereocenters. The Morgan fingerprint density at radius 2 is 1.80 bits per heavy atom. The van der Waals surface area contributed by atoms with E-state index in [0.717, 1.165) is 36.7 Å². The number of fused-ring (bicyclic) bond motifs is 3. The number of carbonyl (C=O) groups is 1. The number of carbonyl (C=O) groups excluding carboxylic acids is 1. The van der Waals surface area contributed by atoms with Gasteiger partial charge in [0.05, 0.1) is 11.0 Å². The van der Waals surface area contributed by atoms with Crippen molar-refractivity contribution in [3.63, 3.8) is 0 Å². The summed E-state index contributed by atoms with van der Waals surface area (Å²) in [5, 5.41) is 0. The topological polar surface area (TPSA) is 73.4 Å². The minimum Gasteiger partial charge on any atom is -0.444 e. The molecule has 0 spiro atoms. The summed E-state index contributed by atoms with van der Waals surface area (Å²) in [4.78, 5) is 19.1. The van der Waals surface area contributed by atoms with E-state index in [4.69, 9.17) is 10.5 Å². The molecule has 2 saturated heterocycles. The van der Waals surface area contributed by atoms with Crippen molar-refractivity contribution in [3.05, 3.63) is 24.3 Å². The molecule has 1 aromatic heterocycles. The van der Waals surface area contributed by atoms with Crippen molar-refractivity contribution in [3.8, 4) is 0 Å². The van der Waals surface area contributed by atoms with Crippen molar-refractivity contribution < 1.29 is 9.53 Å². The smallest absolute Gasteiger partial charge is 0.410 e. The van der Waals surface area contributed by atoms with Crippen LogP contribution < -0.4 is 5.73 Å². The van der Waals surface area contributed by atoms with Crippen LogP contribution in [0.25, 0.3) is 11.0 Å². The van der Waals surface area contributed by atoms with Gasteiger partial charge in [-0.05, 0) is 58.6 Å². The fourth-order valence-corrected chi connectivity index (χ4v) is 4.42. The first-order valence-corrected chi connectivity index (χ1v) is 9.07. The number of aromatic nitrogens is 2. The number of nitrogens with zero attached hydrogens (tertiary/aromatic N) is 3. The molecule has 6 heteroatoms. The number of nitrogen functional groups attached to an aromatic ring is 1. The molecule has 2 fully saturated rings. The Bertz CT molecular complexity index is 793. The van der Waals surface area contributed by atoms with Gasteiger partial charge in [0, 0.05) is 18.1 Å². The number of hydrogen-bond donors (Lipinski definition) is 1. The second-order valence-electron chi connectivity index (χ2n) is 8.23.